The average Bonchev–Trinajstić information content (AvgIpc) is 3.50. The van der Waals surface area contributed by atoms with Gasteiger partial charge in [0.2, 0.25) is 5.82 Å². The molecule has 0 saturated carbocycles. The number of thiazole rings is 1. The van der Waals surface area contributed by atoms with E-state index in [4.69, 9.17) is 21.7 Å². The minimum atomic E-state index is 0.587. The number of hydrogen-bond donors (Lipinski definition) is 0. The van der Waals surface area contributed by atoms with Gasteiger partial charge in [-0.25, -0.2) is 19.3 Å². The molecule has 0 fully saturated rings. The third-order valence-corrected chi connectivity index (χ3v) is 6.01. The van der Waals surface area contributed by atoms with Crippen LogP contribution in [0, 0.1) is 13.8 Å². The van der Waals surface area contributed by atoms with Crippen molar-refractivity contribution in [2.45, 2.75) is 13.8 Å². The Labute approximate surface area is 182 Å². The van der Waals surface area contributed by atoms with E-state index < -0.39 is 0 Å². The molecule has 0 spiro atoms. The van der Waals surface area contributed by atoms with Gasteiger partial charge in [-0.1, -0.05) is 17.7 Å². The maximum atomic E-state index is 6.38. The molecule has 0 unspecified atom stereocenters. The predicted molar refractivity (Wildman–Crippen MR) is 120 cm³/mol. The number of aromatic nitrogens is 6. The van der Waals surface area contributed by atoms with Gasteiger partial charge in [0.05, 0.1) is 11.4 Å². The molecule has 2 aromatic carbocycles. The van der Waals surface area contributed by atoms with Crippen molar-refractivity contribution < 1.29 is 0 Å². The highest BCUT2D eigenvalue weighted by atomic mass is 35.5. The lowest BCUT2D eigenvalue weighted by molar-refractivity contribution is 0.846. The highest BCUT2D eigenvalue weighted by Crippen LogP contribution is 2.28. The summed E-state index contributed by atoms with van der Waals surface area (Å²) in [6, 6.07) is 16.0. The molecule has 8 heteroatoms. The summed E-state index contributed by atoms with van der Waals surface area (Å²) >= 11 is 7.89. The second-order valence-corrected chi connectivity index (χ2v) is 8.17. The molecule has 30 heavy (non-hydrogen) atoms. The van der Waals surface area contributed by atoms with Crippen LogP contribution in [-0.4, -0.2) is 29.5 Å². The molecule has 0 radical (unpaired) electrons. The van der Waals surface area contributed by atoms with Gasteiger partial charge in [-0.3, -0.25) is 0 Å². The standard InChI is InChI=1S/C22H17ClN6S/c1-14-3-6-18(13-19(14)23)29-21(26-20(27-29)22-24-11-12-30-22)16-4-7-17(8-5-16)28-15(2)9-10-25-28/h3-13H,1-2H3. The molecular weight excluding hydrogens is 416 g/mol. The number of rotatable bonds is 4. The summed E-state index contributed by atoms with van der Waals surface area (Å²) in [6.07, 6.45) is 3.55. The number of hydrogen-bond acceptors (Lipinski definition) is 5. The minimum Gasteiger partial charge on any atom is -0.241 e. The first-order valence-electron chi connectivity index (χ1n) is 9.35. The van der Waals surface area contributed by atoms with Crippen molar-refractivity contribution in [2.75, 3.05) is 0 Å². The molecule has 0 aliphatic rings. The van der Waals surface area contributed by atoms with E-state index in [0.717, 1.165) is 39.0 Å². The number of nitrogens with zero attached hydrogens (tertiary/aromatic N) is 6. The summed E-state index contributed by atoms with van der Waals surface area (Å²) < 4.78 is 3.71. The summed E-state index contributed by atoms with van der Waals surface area (Å²) in [6.45, 7) is 4.00. The van der Waals surface area contributed by atoms with E-state index in [-0.39, 0.29) is 0 Å². The Kier molecular flexibility index (Phi) is 4.69. The SMILES string of the molecule is Cc1ccc(-n2nc(-c3nccs3)nc2-c2ccc(-n3nccc3C)cc2)cc1Cl. The van der Waals surface area contributed by atoms with E-state index in [1.165, 1.54) is 11.3 Å². The zero-order valence-corrected chi connectivity index (χ0v) is 17.9. The summed E-state index contributed by atoms with van der Waals surface area (Å²) in [5.74, 6) is 1.31. The van der Waals surface area contributed by atoms with Gasteiger partial charge < -0.3 is 0 Å². The topological polar surface area (TPSA) is 61.4 Å². The molecule has 0 atom stereocenters. The van der Waals surface area contributed by atoms with Gasteiger partial charge in [-0.15, -0.1) is 16.4 Å². The fourth-order valence-electron chi connectivity index (χ4n) is 3.21. The van der Waals surface area contributed by atoms with E-state index >= 15 is 0 Å². The van der Waals surface area contributed by atoms with Gasteiger partial charge >= 0.3 is 0 Å². The van der Waals surface area contributed by atoms with Gasteiger partial charge in [0.15, 0.2) is 10.8 Å². The summed E-state index contributed by atoms with van der Waals surface area (Å²) in [5, 5.41) is 12.5. The van der Waals surface area contributed by atoms with Crippen LogP contribution in [-0.2, 0) is 0 Å². The van der Waals surface area contributed by atoms with E-state index in [2.05, 4.69) is 10.1 Å². The normalized spacial score (nSPS) is 11.2. The van der Waals surface area contributed by atoms with Crippen LogP contribution in [0.1, 0.15) is 11.3 Å². The minimum absolute atomic E-state index is 0.587. The Balaban J connectivity index is 1.63. The third kappa shape index (κ3) is 3.32. The van der Waals surface area contributed by atoms with Crippen LogP contribution in [0.15, 0.2) is 66.3 Å². The molecule has 0 bridgehead atoms. The quantitative estimate of drug-likeness (QED) is 0.375. The lowest BCUT2D eigenvalue weighted by Crippen LogP contribution is -2.01. The molecule has 5 rings (SSSR count). The van der Waals surface area contributed by atoms with Crippen LogP contribution in [0.25, 0.3) is 33.6 Å². The first-order chi connectivity index (χ1) is 14.6. The Morgan fingerprint density at radius 1 is 0.900 bits per heavy atom. The summed E-state index contributed by atoms with van der Waals surface area (Å²) in [7, 11) is 0. The van der Waals surface area contributed by atoms with Gasteiger partial charge in [0.25, 0.3) is 0 Å². The summed E-state index contributed by atoms with van der Waals surface area (Å²) in [4.78, 5) is 9.16. The Morgan fingerprint density at radius 3 is 2.37 bits per heavy atom. The van der Waals surface area contributed by atoms with Crippen LogP contribution in [0.2, 0.25) is 5.02 Å². The third-order valence-electron chi connectivity index (χ3n) is 4.83. The molecule has 3 heterocycles. The molecule has 0 N–H and O–H groups in total. The second-order valence-electron chi connectivity index (χ2n) is 6.87. The number of benzene rings is 2. The smallest absolute Gasteiger partial charge is 0.211 e. The van der Waals surface area contributed by atoms with Gasteiger partial charge in [-0.05, 0) is 61.9 Å². The van der Waals surface area contributed by atoms with Crippen LogP contribution in [0.5, 0.6) is 0 Å². The first kappa shape index (κ1) is 18.7. The van der Waals surface area contributed by atoms with Gasteiger partial charge in [-0.2, -0.15) is 5.10 Å². The molecule has 5 aromatic rings. The Hall–Kier alpha value is -3.29. The molecule has 6 nitrogen and oxygen atoms in total. The Bertz CT molecular complexity index is 1320. The predicted octanol–water partition coefficient (Wildman–Crippen LogP) is 5.51. The number of aryl methyl sites for hydroxylation is 2. The molecule has 3 aromatic heterocycles. The molecular formula is C22H17ClN6S. The van der Waals surface area contributed by atoms with Crippen LogP contribution in [0.3, 0.4) is 0 Å². The maximum absolute atomic E-state index is 6.38. The lowest BCUT2D eigenvalue weighted by atomic mass is 10.2. The van der Waals surface area contributed by atoms with Gasteiger partial charge in [0, 0.05) is 34.1 Å². The summed E-state index contributed by atoms with van der Waals surface area (Å²) in [5.41, 5.74) is 4.87. The average molecular weight is 433 g/mol. The van der Waals surface area contributed by atoms with Crippen molar-refractivity contribution in [3.8, 4) is 33.6 Å². The zero-order valence-electron chi connectivity index (χ0n) is 16.3. The molecule has 0 saturated heterocycles. The van der Waals surface area contributed by atoms with Crippen molar-refractivity contribution in [1.29, 1.82) is 0 Å². The molecule has 0 aliphatic heterocycles. The van der Waals surface area contributed by atoms with E-state index in [9.17, 15) is 0 Å². The van der Waals surface area contributed by atoms with E-state index in [1.807, 2.05) is 77.1 Å². The maximum Gasteiger partial charge on any atom is 0.211 e. The van der Waals surface area contributed by atoms with Crippen molar-refractivity contribution in [3.05, 3.63) is 82.6 Å². The van der Waals surface area contributed by atoms with Crippen LogP contribution in [0.4, 0.5) is 0 Å². The highest BCUT2D eigenvalue weighted by Gasteiger charge is 2.17. The fourth-order valence-corrected chi connectivity index (χ4v) is 3.95. The van der Waals surface area contributed by atoms with Gasteiger partial charge in [0.1, 0.15) is 0 Å². The largest absolute Gasteiger partial charge is 0.241 e. The fraction of sp³-hybridized carbons (Fsp3) is 0.0909. The second kappa shape index (κ2) is 7.51. The van der Waals surface area contributed by atoms with Crippen molar-refractivity contribution in [1.82, 2.24) is 29.5 Å². The van der Waals surface area contributed by atoms with Crippen LogP contribution >= 0.6 is 22.9 Å². The first-order valence-corrected chi connectivity index (χ1v) is 10.6. The van der Waals surface area contributed by atoms with E-state index in [0.29, 0.717) is 10.8 Å². The van der Waals surface area contributed by atoms with Crippen molar-refractivity contribution in [3.63, 3.8) is 0 Å². The molecule has 148 valence electrons. The van der Waals surface area contributed by atoms with Crippen LogP contribution < -0.4 is 0 Å². The highest BCUT2D eigenvalue weighted by molar-refractivity contribution is 7.13. The van der Waals surface area contributed by atoms with Crippen molar-refractivity contribution >= 4 is 22.9 Å². The monoisotopic (exact) mass is 432 g/mol. The molecule has 0 amide bonds. The zero-order chi connectivity index (χ0) is 20.7. The lowest BCUT2D eigenvalue weighted by Gasteiger charge is -2.09. The van der Waals surface area contributed by atoms with E-state index in [1.54, 1.807) is 12.4 Å². The molecule has 0 aliphatic carbocycles. The Morgan fingerprint density at radius 2 is 1.70 bits per heavy atom. The van der Waals surface area contributed by atoms with Crippen molar-refractivity contribution in [2.24, 2.45) is 0 Å². The number of halogens is 1.